The predicted molar refractivity (Wildman–Crippen MR) is 134 cm³/mol. The van der Waals surface area contributed by atoms with Crippen molar-refractivity contribution in [2.24, 2.45) is 0 Å². The van der Waals surface area contributed by atoms with Gasteiger partial charge in [0.2, 0.25) is 0 Å². The zero-order chi connectivity index (χ0) is 21.2. The van der Waals surface area contributed by atoms with Crippen LogP contribution >= 0.6 is 23.7 Å². The van der Waals surface area contributed by atoms with Crippen molar-refractivity contribution in [3.05, 3.63) is 59.6 Å². The molecule has 2 aromatic heterocycles. The first-order chi connectivity index (χ1) is 15.2. The molecule has 4 heterocycles. The van der Waals surface area contributed by atoms with Crippen LogP contribution in [0.25, 0.3) is 16.2 Å². The number of para-hydroxylation sites is 1. The largest absolute Gasteiger partial charge is 0.480 e. The number of benzene rings is 1. The van der Waals surface area contributed by atoms with Crippen LogP contribution in [-0.4, -0.2) is 66.3 Å². The van der Waals surface area contributed by atoms with Crippen molar-refractivity contribution in [3.63, 3.8) is 0 Å². The zero-order valence-electron chi connectivity index (χ0n) is 17.8. The summed E-state index contributed by atoms with van der Waals surface area (Å²) in [5.74, 6) is 0.302. The van der Waals surface area contributed by atoms with Crippen molar-refractivity contribution in [3.8, 4) is 0 Å². The lowest BCUT2D eigenvalue weighted by atomic mass is 10.0. The molecule has 5 rings (SSSR count). The van der Waals surface area contributed by atoms with Gasteiger partial charge in [0.25, 0.3) is 0 Å². The Balaban J connectivity index is 0.00000245. The van der Waals surface area contributed by atoms with Gasteiger partial charge in [-0.25, -0.2) is 4.98 Å². The fourth-order valence-electron chi connectivity index (χ4n) is 4.62. The Hall–Kier alpha value is -2.61. The molecule has 1 fully saturated rings. The number of nitrogens with zero attached hydrogens (tertiary/aromatic N) is 4. The molecule has 1 unspecified atom stereocenters. The van der Waals surface area contributed by atoms with Crippen LogP contribution in [0.1, 0.15) is 12.0 Å². The second-order valence-corrected chi connectivity index (χ2v) is 9.04. The van der Waals surface area contributed by atoms with E-state index in [1.54, 1.807) is 11.3 Å². The van der Waals surface area contributed by atoms with Crippen molar-refractivity contribution in [2.45, 2.75) is 12.5 Å². The summed E-state index contributed by atoms with van der Waals surface area (Å²) in [7, 11) is 0. The number of aliphatic carboxylic acids is 1. The van der Waals surface area contributed by atoms with Gasteiger partial charge in [-0.1, -0.05) is 30.4 Å². The maximum Gasteiger partial charge on any atom is 0.323 e. The summed E-state index contributed by atoms with van der Waals surface area (Å²) in [5.41, 5.74) is 2.10. The average molecular weight is 471 g/mol. The summed E-state index contributed by atoms with van der Waals surface area (Å²) < 4.78 is 1.29. The third kappa shape index (κ3) is 4.60. The van der Waals surface area contributed by atoms with Gasteiger partial charge in [0.1, 0.15) is 12.4 Å². The Bertz CT molecular complexity index is 1110. The highest BCUT2D eigenvalue weighted by Gasteiger charge is 2.26. The van der Waals surface area contributed by atoms with Crippen LogP contribution in [-0.2, 0) is 4.79 Å². The number of hydrogen-bond donors (Lipinski definition) is 1. The van der Waals surface area contributed by atoms with Gasteiger partial charge < -0.3 is 14.9 Å². The summed E-state index contributed by atoms with van der Waals surface area (Å²) >= 11 is 1.76. The van der Waals surface area contributed by atoms with Crippen LogP contribution in [0.15, 0.2) is 54.1 Å². The first kappa shape index (κ1) is 22.6. The zero-order valence-corrected chi connectivity index (χ0v) is 19.4. The number of fused-ring (bicyclic) bond motifs is 2. The second kappa shape index (κ2) is 9.90. The predicted octanol–water partition coefficient (Wildman–Crippen LogP) is 4.22. The standard InChI is InChI=1S/C24H26N4O2S.ClH/c29-23(30)17-28-19(6-5-18-3-1-2-4-21(18)28)8-11-26-12-14-27(15-13-26)24-20-9-16-31-22(20)7-10-25-24;/h1-7,9-10,16,19H,8,11-15,17H2,(H,29,30);1H. The maximum absolute atomic E-state index is 11.5. The Kier molecular flexibility index (Phi) is 6.98. The fraction of sp³-hybridized carbons (Fsp3) is 0.333. The maximum atomic E-state index is 11.5. The molecule has 0 radical (unpaired) electrons. The second-order valence-electron chi connectivity index (χ2n) is 8.09. The van der Waals surface area contributed by atoms with E-state index in [9.17, 15) is 9.90 Å². The SMILES string of the molecule is Cl.O=C(O)CN1c2ccccc2C=CC1CCN1CCN(c2nccc3sccc23)CC1. The van der Waals surface area contributed by atoms with E-state index in [-0.39, 0.29) is 25.0 Å². The van der Waals surface area contributed by atoms with Crippen LogP contribution in [0.2, 0.25) is 0 Å². The van der Waals surface area contributed by atoms with Crippen molar-refractivity contribution < 1.29 is 9.90 Å². The molecule has 8 heteroatoms. The van der Waals surface area contributed by atoms with Gasteiger partial charge in [-0.3, -0.25) is 9.69 Å². The Morgan fingerprint density at radius 1 is 1.12 bits per heavy atom. The molecule has 3 aromatic rings. The van der Waals surface area contributed by atoms with Gasteiger partial charge >= 0.3 is 5.97 Å². The third-order valence-electron chi connectivity index (χ3n) is 6.22. The number of carboxylic acid groups (broad SMARTS) is 1. The van der Waals surface area contributed by atoms with E-state index >= 15 is 0 Å². The van der Waals surface area contributed by atoms with Crippen LogP contribution in [0.3, 0.4) is 0 Å². The fourth-order valence-corrected chi connectivity index (χ4v) is 5.39. The molecule has 32 heavy (non-hydrogen) atoms. The Labute approximate surface area is 198 Å². The van der Waals surface area contributed by atoms with E-state index in [2.05, 4.69) is 44.4 Å². The average Bonchev–Trinajstić information content (AvgIpc) is 3.28. The topological polar surface area (TPSA) is 59.9 Å². The number of rotatable bonds is 6. The Morgan fingerprint density at radius 2 is 1.94 bits per heavy atom. The molecule has 1 atom stereocenters. The van der Waals surface area contributed by atoms with E-state index in [0.29, 0.717) is 0 Å². The van der Waals surface area contributed by atoms with Gasteiger partial charge in [0.05, 0.1) is 0 Å². The highest BCUT2D eigenvalue weighted by molar-refractivity contribution is 7.17. The lowest BCUT2D eigenvalue weighted by molar-refractivity contribution is -0.135. The highest BCUT2D eigenvalue weighted by atomic mass is 35.5. The molecule has 168 valence electrons. The number of halogens is 1. The molecule has 0 aliphatic carbocycles. The third-order valence-corrected chi connectivity index (χ3v) is 7.10. The molecule has 0 bridgehead atoms. The molecule has 2 aliphatic rings. The summed E-state index contributed by atoms with van der Waals surface area (Å²) in [4.78, 5) is 23.0. The van der Waals surface area contributed by atoms with Gasteiger partial charge in [-0.15, -0.1) is 23.7 Å². The van der Waals surface area contributed by atoms with E-state index in [0.717, 1.165) is 56.2 Å². The van der Waals surface area contributed by atoms with E-state index in [4.69, 9.17) is 0 Å². The lowest BCUT2D eigenvalue weighted by Gasteiger charge is -2.38. The normalized spacial score (nSPS) is 18.4. The molecule has 0 spiro atoms. The number of anilines is 2. The minimum Gasteiger partial charge on any atom is -0.480 e. The molecule has 1 aromatic carbocycles. The monoisotopic (exact) mass is 470 g/mol. The van der Waals surface area contributed by atoms with Gasteiger partial charge in [0, 0.05) is 60.7 Å². The first-order valence-electron chi connectivity index (χ1n) is 10.7. The van der Waals surface area contributed by atoms with Crippen molar-refractivity contribution >= 4 is 57.4 Å². The van der Waals surface area contributed by atoms with Crippen molar-refractivity contribution in [2.75, 3.05) is 49.1 Å². The van der Waals surface area contributed by atoms with Crippen LogP contribution in [0.5, 0.6) is 0 Å². The summed E-state index contributed by atoms with van der Waals surface area (Å²) in [6, 6.07) is 12.4. The number of aromatic nitrogens is 1. The number of piperazine rings is 1. The smallest absolute Gasteiger partial charge is 0.323 e. The molecule has 0 saturated carbocycles. The van der Waals surface area contributed by atoms with Gasteiger partial charge in [-0.05, 0) is 35.6 Å². The van der Waals surface area contributed by atoms with E-state index in [1.165, 1.54) is 10.1 Å². The Morgan fingerprint density at radius 3 is 2.75 bits per heavy atom. The first-order valence-corrected chi connectivity index (χ1v) is 11.6. The summed E-state index contributed by atoms with van der Waals surface area (Å²) in [6.07, 6.45) is 7.10. The lowest BCUT2D eigenvalue weighted by Crippen LogP contribution is -2.48. The quantitative estimate of drug-likeness (QED) is 0.582. The molecule has 1 saturated heterocycles. The molecule has 6 nitrogen and oxygen atoms in total. The van der Waals surface area contributed by atoms with E-state index in [1.807, 2.05) is 35.4 Å². The summed E-state index contributed by atoms with van der Waals surface area (Å²) in [6.45, 7) is 4.89. The van der Waals surface area contributed by atoms with Gasteiger partial charge in [-0.2, -0.15) is 0 Å². The number of hydrogen-bond acceptors (Lipinski definition) is 6. The number of thiophene rings is 1. The number of carboxylic acids is 1. The highest BCUT2D eigenvalue weighted by Crippen LogP contribution is 2.31. The van der Waals surface area contributed by atoms with Crippen molar-refractivity contribution in [1.82, 2.24) is 9.88 Å². The number of pyridine rings is 1. The number of carbonyl (C=O) groups is 1. The molecular weight excluding hydrogens is 444 g/mol. The minimum absolute atomic E-state index is 0. The molecule has 1 N–H and O–H groups in total. The van der Waals surface area contributed by atoms with Crippen LogP contribution < -0.4 is 9.80 Å². The summed E-state index contributed by atoms with van der Waals surface area (Å²) in [5, 5.41) is 12.8. The molecule has 2 aliphatic heterocycles. The van der Waals surface area contributed by atoms with Gasteiger partial charge in [0.15, 0.2) is 0 Å². The van der Waals surface area contributed by atoms with Crippen molar-refractivity contribution in [1.29, 1.82) is 0 Å². The molecule has 0 amide bonds. The minimum atomic E-state index is -0.793. The van der Waals surface area contributed by atoms with Crippen LogP contribution in [0.4, 0.5) is 11.5 Å². The van der Waals surface area contributed by atoms with Crippen LogP contribution in [0, 0.1) is 0 Å². The molecular formula is C24H27ClN4O2S. The van der Waals surface area contributed by atoms with E-state index < -0.39 is 5.97 Å².